The van der Waals surface area contributed by atoms with Gasteiger partial charge in [0.1, 0.15) is 5.82 Å². The van der Waals surface area contributed by atoms with Gasteiger partial charge in [0.15, 0.2) is 5.82 Å². The highest BCUT2D eigenvalue weighted by atomic mass is 16.5. The first-order chi connectivity index (χ1) is 10.9. The molecule has 0 atom stereocenters. The molecule has 4 rings (SSSR count). The summed E-state index contributed by atoms with van der Waals surface area (Å²) in [5.41, 5.74) is 0.898. The van der Waals surface area contributed by atoms with Gasteiger partial charge in [-0.1, -0.05) is 0 Å². The number of piperazine rings is 1. The zero-order valence-electron chi connectivity index (χ0n) is 13.0. The van der Waals surface area contributed by atoms with Crippen LogP contribution in [0.1, 0.15) is 24.6 Å². The van der Waals surface area contributed by atoms with Crippen molar-refractivity contribution in [3.8, 4) is 0 Å². The van der Waals surface area contributed by atoms with Crippen molar-refractivity contribution in [2.24, 2.45) is 0 Å². The van der Waals surface area contributed by atoms with Crippen LogP contribution in [0.15, 0.2) is 12.4 Å². The molecule has 0 unspecified atom stereocenters. The minimum absolute atomic E-state index is 0.594. The molecule has 2 aromatic rings. The van der Waals surface area contributed by atoms with Crippen LogP contribution in [0, 0.1) is 0 Å². The lowest BCUT2D eigenvalue weighted by Gasteiger charge is -2.35. The van der Waals surface area contributed by atoms with E-state index in [1.165, 1.54) is 12.8 Å². The molecule has 0 aromatic carbocycles. The summed E-state index contributed by atoms with van der Waals surface area (Å²) < 4.78 is 7.28. The van der Waals surface area contributed by atoms with Gasteiger partial charge in [0.25, 0.3) is 0 Å². The van der Waals surface area contributed by atoms with Crippen molar-refractivity contribution >= 4 is 11.5 Å². The van der Waals surface area contributed by atoms with Crippen LogP contribution in [-0.4, -0.2) is 70.9 Å². The summed E-state index contributed by atoms with van der Waals surface area (Å²) in [5.74, 6) is 2.65. The van der Waals surface area contributed by atoms with E-state index in [0.29, 0.717) is 5.92 Å². The topological polar surface area (TPSA) is 58.8 Å². The Kier molecular flexibility index (Phi) is 3.67. The molecule has 2 aromatic heterocycles. The molecule has 1 aliphatic carbocycles. The van der Waals surface area contributed by atoms with Gasteiger partial charge in [-0.05, 0) is 12.8 Å². The minimum Gasteiger partial charge on any atom is -0.383 e. The molecule has 3 heterocycles. The molecule has 1 aliphatic heterocycles. The molecule has 0 N–H and O–H groups in total. The summed E-state index contributed by atoms with van der Waals surface area (Å²) in [6.45, 7) is 5.82. The molecule has 0 radical (unpaired) electrons. The van der Waals surface area contributed by atoms with Crippen LogP contribution < -0.4 is 4.90 Å². The third kappa shape index (κ3) is 2.55. The fourth-order valence-electron chi connectivity index (χ4n) is 3.08. The zero-order valence-corrected chi connectivity index (χ0v) is 13.0. The van der Waals surface area contributed by atoms with Gasteiger partial charge in [-0.25, -0.2) is 4.98 Å². The normalized spacial score (nSPS) is 20.0. The Bertz CT molecular complexity index is 645. The Morgan fingerprint density at radius 3 is 2.73 bits per heavy atom. The van der Waals surface area contributed by atoms with E-state index >= 15 is 0 Å². The van der Waals surface area contributed by atoms with Gasteiger partial charge in [-0.2, -0.15) is 0 Å². The predicted octanol–water partition coefficient (Wildman–Crippen LogP) is 0.770. The van der Waals surface area contributed by atoms with Crippen LogP contribution in [0.25, 0.3) is 5.65 Å². The van der Waals surface area contributed by atoms with Crippen molar-refractivity contribution in [2.45, 2.75) is 18.8 Å². The standard InChI is InChI=1S/C15H22N6O/c1-22-11-10-19-6-8-20(9-7-19)14-15-18-17-13(12-2-3-12)21(15)5-4-16-14/h4-5,12H,2-3,6-11H2,1H3. The van der Waals surface area contributed by atoms with E-state index in [1.807, 2.05) is 12.4 Å². The molecular weight excluding hydrogens is 280 g/mol. The molecule has 7 nitrogen and oxygen atoms in total. The number of hydrogen-bond donors (Lipinski definition) is 0. The fourth-order valence-corrected chi connectivity index (χ4v) is 3.08. The molecule has 1 saturated carbocycles. The SMILES string of the molecule is COCCN1CCN(c2nccn3c(C4CC4)nnc23)CC1. The number of aromatic nitrogens is 4. The molecule has 7 heteroatoms. The van der Waals surface area contributed by atoms with Crippen molar-refractivity contribution in [1.29, 1.82) is 0 Å². The van der Waals surface area contributed by atoms with Gasteiger partial charge in [0, 0.05) is 58.1 Å². The molecule has 118 valence electrons. The lowest BCUT2D eigenvalue weighted by Crippen LogP contribution is -2.47. The second-order valence-corrected chi connectivity index (χ2v) is 6.10. The van der Waals surface area contributed by atoms with Gasteiger partial charge < -0.3 is 9.64 Å². The van der Waals surface area contributed by atoms with Crippen molar-refractivity contribution in [3.63, 3.8) is 0 Å². The highest BCUT2D eigenvalue weighted by Gasteiger charge is 2.30. The maximum atomic E-state index is 5.16. The maximum Gasteiger partial charge on any atom is 0.203 e. The Balaban J connectivity index is 1.52. The number of ether oxygens (including phenoxy) is 1. The highest BCUT2D eigenvalue weighted by Crippen LogP contribution is 2.39. The van der Waals surface area contributed by atoms with E-state index in [9.17, 15) is 0 Å². The van der Waals surface area contributed by atoms with E-state index in [0.717, 1.165) is 56.6 Å². The lowest BCUT2D eigenvalue weighted by molar-refractivity contribution is 0.144. The first kappa shape index (κ1) is 13.9. The van der Waals surface area contributed by atoms with E-state index < -0.39 is 0 Å². The smallest absolute Gasteiger partial charge is 0.203 e. The van der Waals surface area contributed by atoms with Crippen molar-refractivity contribution < 1.29 is 4.74 Å². The number of methoxy groups -OCH3 is 1. The predicted molar refractivity (Wildman–Crippen MR) is 83.3 cm³/mol. The van der Waals surface area contributed by atoms with Crippen LogP contribution in [0.4, 0.5) is 5.82 Å². The van der Waals surface area contributed by atoms with E-state index in [-0.39, 0.29) is 0 Å². The molecule has 22 heavy (non-hydrogen) atoms. The Hall–Kier alpha value is -1.73. The van der Waals surface area contributed by atoms with Crippen LogP contribution in [0.5, 0.6) is 0 Å². The monoisotopic (exact) mass is 302 g/mol. The molecule has 0 spiro atoms. The molecule has 2 aliphatic rings. The van der Waals surface area contributed by atoms with Crippen LogP contribution in [0.2, 0.25) is 0 Å². The average molecular weight is 302 g/mol. The van der Waals surface area contributed by atoms with Gasteiger partial charge >= 0.3 is 0 Å². The van der Waals surface area contributed by atoms with Crippen molar-refractivity contribution in [3.05, 3.63) is 18.2 Å². The van der Waals surface area contributed by atoms with E-state index in [1.54, 1.807) is 7.11 Å². The maximum absolute atomic E-state index is 5.16. The Morgan fingerprint density at radius 2 is 2.00 bits per heavy atom. The number of fused-ring (bicyclic) bond motifs is 1. The fraction of sp³-hybridized carbons (Fsp3) is 0.667. The summed E-state index contributed by atoms with van der Waals surface area (Å²) in [6.07, 6.45) is 6.32. The van der Waals surface area contributed by atoms with Gasteiger partial charge in [0.05, 0.1) is 6.61 Å². The largest absolute Gasteiger partial charge is 0.383 e. The van der Waals surface area contributed by atoms with Crippen LogP contribution >= 0.6 is 0 Å². The Morgan fingerprint density at radius 1 is 1.18 bits per heavy atom. The van der Waals surface area contributed by atoms with Gasteiger partial charge in [-0.3, -0.25) is 9.30 Å². The summed E-state index contributed by atoms with van der Waals surface area (Å²) in [7, 11) is 1.75. The molecule has 1 saturated heterocycles. The average Bonchev–Trinajstić information content (AvgIpc) is 3.32. The van der Waals surface area contributed by atoms with Crippen LogP contribution in [0.3, 0.4) is 0 Å². The second kappa shape index (κ2) is 5.81. The third-order valence-electron chi connectivity index (χ3n) is 4.56. The Labute approximate surface area is 129 Å². The van der Waals surface area contributed by atoms with E-state index in [4.69, 9.17) is 4.74 Å². The van der Waals surface area contributed by atoms with Crippen LogP contribution in [-0.2, 0) is 4.74 Å². The molecular formula is C15H22N6O. The summed E-state index contributed by atoms with van der Waals surface area (Å²) in [6, 6.07) is 0. The minimum atomic E-state index is 0.594. The van der Waals surface area contributed by atoms with Gasteiger partial charge in [-0.15, -0.1) is 10.2 Å². The summed E-state index contributed by atoms with van der Waals surface area (Å²) >= 11 is 0. The summed E-state index contributed by atoms with van der Waals surface area (Å²) in [5, 5.41) is 8.79. The number of rotatable bonds is 5. The second-order valence-electron chi connectivity index (χ2n) is 6.10. The van der Waals surface area contributed by atoms with Crippen molar-refractivity contribution in [1.82, 2.24) is 24.5 Å². The molecule has 0 amide bonds. The van der Waals surface area contributed by atoms with E-state index in [2.05, 4.69) is 29.4 Å². The molecule has 2 fully saturated rings. The first-order valence-corrected chi connectivity index (χ1v) is 8.02. The number of anilines is 1. The van der Waals surface area contributed by atoms with Crippen molar-refractivity contribution in [2.75, 3.05) is 51.3 Å². The lowest BCUT2D eigenvalue weighted by atomic mass is 10.3. The zero-order chi connectivity index (χ0) is 14.9. The third-order valence-corrected chi connectivity index (χ3v) is 4.56. The van der Waals surface area contributed by atoms with Gasteiger partial charge in [0.2, 0.25) is 5.65 Å². The summed E-state index contributed by atoms with van der Waals surface area (Å²) in [4.78, 5) is 9.32. The number of nitrogens with zero attached hydrogens (tertiary/aromatic N) is 6. The molecule has 0 bridgehead atoms. The quantitative estimate of drug-likeness (QED) is 0.813. The number of hydrogen-bond acceptors (Lipinski definition) is 6. The highest BCUT2D eigenvalue weighted by molar-refractivity contribution is 5.64. The first-order valence-electron chi connectivity index (χ1n) is 8.02.